The van der Waals surface area contributed by atoms with E-state index in [9.17, 15) is 4.79 Å². The second kappa shape index (κ2) is 10.5. The van der Waals surface area contributed by atoms with E-state index in [-0.39, 0.29) is 11.9 Å². The predicted molar refractivity (Wildman–Crippen MR) is 94.3 cm³/mol. The summed E-state index contributed by atoms with van der Waals surface area (Å²) in [5.41, 5.74) is 0.821. The van der Waals surface area contributed by atoms with Crippen molar-refractivity contribution in [2.45, 2.75) is 39.7 Å². The van der Waals surface area contributed by atoms with Gasteiger partial charge in [-0.2, -0.15) is 0 Å². The first kappa shape index (κ1) is 18.9. The number of carbonyl (C=O) groups is 1. The van der Waals surface area contributed by atoms with E-state index in [1.54, 1.807) is 6.08 Å². The third-order valence-corrected chi connectivity index (χ3v) is 3.06. The summed E-state index contributed by atoms with van der Waals surface area (Å²) >= 11 is 0. The van der Waals surface area contributed by atoms with E-state index < -0.39 is 0 Å². The molecule has 0 radical (unpaired) electrons. The number of rotatable bonds is 11. The van der Waals surface area contributed by atoms with E-state index >= 15 is 0 Å². The smallest absolute Gasteiger partial charge is 0.242 e. The molecule has 1 atom stereocenters. The van der Waals surface area contributed by atoms with Crippen molar-refractivity contribution in [1.29, 1.82) is 0 Å². The van der Waals surface area contributed by atoms with Crippen molar-refractivity contribution in [3.05, 3.63) is 30.9 Å². The van der Waals surface area contributed by atoms with Gasteiger partial charge >= 0.3 is 0 Å². The monoisotopic (exact) mass is 320 g/mol. The van der Waals surface area contributed by atoms with Gasteiger partial charge in [0, 0.05) is 18.3 Å². The van der Waals surface area contributed by atoms with E-state index in [0.29, 0.717) is 25.5 Å². The van der Waals surface area contributed by atoms with Gasteiger partial charge in [0.15, 0.2) is 11.5 Å². The van der Waals surface area contributed by atoms with Gasteiger partial charge in [0.2, 0.25) is 5.91 Å². The fourth-order valence-corrected chi connectivity index (χ4v) is 1.90. The topological polar surface area (TPSA) is 59.6 Å². The summed E-state index contributed by atoms with van der Waals surface area (Å²) in [5, 5.41) is 5.93. The van der Waals surface area contributed by atoms with E-state index in [1.807, 2.05) is 25.1 Å². The van der Waals surface area contributed by atoms with Crippen LogP contribution in [-0.2, 0) is 4.79 Å². The molecule has 128 valence electrons. The third kappa shape index (κ3) is 6.63. The molecule has 5 heteroatoms. The minimum atomic E-state index is -0.351. The highest BCUT2D eigenvalue weighted by molar-refractivity contribution is 5.84. The lowest BCUT2D eigenvalue weighted by atomic mass is 10.2. The first-order valence-corrected chi connectivity index (χ1v) is 8.17. The standard InChI is InChI=1S/C18H28N2O3/c1-5-10-19-18(21)14(4)20-15-8-9-16(22-11-6-2)17(13-15)23-12-7-3/h5,8-9,13-14,20H,1,6-7,10-12H2,2-4H3,(H,19,21). The Kier molecular flexibility index (Phi) is 8.65. The average Bonchev–Trinajstić information content (AvgIpc) is 2.56. The second-order valence-electron chi connectivity index (χ2n) is 5.26. The lowest BCUT2D eigenvalue weighted by Gasteiger charge is -2.17. The Morgan fingerprint density at radius 3 is 2.48 bits per heavy atom. The molecule has 0 aromatic heterocycles. The highest BCUT2D eigenvalue weighted by Gasteiger charge is 2.13. The fraction of sp³-hybridized carbons (Fsp3) is 0.500. The van der Waals surface area contributed by atoms with Gasteiger partial charge in [-0.25, -0.2) is 0 Å². The van der Waals surface area contributed by atoms with Crippen molar-refractivity contribution in [2.24, 2.45) is 0 Å². The summed E-state index contributed by atoms with van der Waals surface area (Å²) in [6, 6.07) is 5.28. The van der Waals surface area contributed by atoms with Crippen molar-refractivity contribution in [3.63, 3.8) is 0 Å². The Morgan fingerprint density at radius 1 is 1.22 bits per heavy atom. The fourth-order valence-electron chi connectivity index (χ4n) is 1.90. The molecule has 0 aliphatic carbocycles. The van der Waals surface area contributed by atoms with Gasteiger partial charge in [-0.15, -0.1) is 6.58 Å². The Hall–Kier alpha value is -2.17. The minimum absolute atomic E-state index is 0.0766. The van der Waals surface area contributed by atoms with Crippen LogP contribution >= 0.6 is 0 Å². The molecular weight excluding hydrogens is 292 g/mol. The molecule has 0 aliphatic rings. The van der Waals surface area contributed by atoms with Gasteiger partial charge in [-0.05, 0) is 31.9 Å². The number of carbonyl (C=O) groups excluding carboxylic acids is 1. The molecule has 0 heterocycles. The molecule has 1 aromatic rings. The number of anilines is 1. The predicted octanol–water partition coefficient (Wildman–Crippen LogP) is 3.37. The molecule has 0 aliphatic heterocycles. The van der Waals surface area contributed by atoms with E-state index in [2.05, 4.69) is 31.1 Å². The molecule has 0 bridgehead atoms. The number of benzene rings is 1. The third-order valence-electron chi connectivity index (χ3n) is 3.06. The molecule has 0 fully saturated rings. The van der Waals surface area contributed by atoms with Crippen LogP contribution in [0.3, 0.4) is 0 Å². The molecule has 0 saturated heterocycles. The maximum absolute atomic E-state index is 11.9. The van der Waals surface area contributed by atoms with E-state index in [4.69, 9.17) is 9.47 Å². The lowest BCUT2D eigenvalue weighted by Crippen LogP contribution is -2.37. The number of ether oxygens (including phenoxy) is 2. The Bertz CT molecular complexity index is 503. The number of hydrogen-bond donors (Lipinski definition) is 2. The van der Waals surface area contributed by atoms with Crippen molar-refractivity contribution < 1.29 is 14.3 Å². The molecule has 5 nitrogen and oxygen atoms in total. The largest absolute Gasteiger partial charge is 0.490 e. The molecular formula is C18H28N2O3. The molecule has 0 spiro atoms. The summed E-state index contributed by atoms with van der Waals surface area (Å²) in [4.78, 5) is 11.9. The Labute approximate surface area is 139 Å². The molecule has 2 N–H and O–H groups in total. The van der Waals surface area contributed by atoms with Crippen molar-refractivity contribution in [1.82, 2.24) is 5.32 Å². The zero-order valence-electron chi connectivity index (χ0n) is 14.4. The first-order valence-electron chi connectivity index (χ1n) is 8.17. The van der Waals surface area contributed by atoms with Crippen LogP contribution in [0.15, 0.2) is 30.9 Å². The first-order chi connectivity index (χ1) is 11.1. The Morgan fingerprint density at radius 2 is 1.87 bits per heavy atom. The summed E-state index contributed by atoms with van der Waals surface area (Å²) in [7, 11) is 0. The number of nitrogens with one attached hydrogen (secondary N) is 2. The minimum Gasteiger partial charge on any atom is -0.490 e. The summed E-state index contributed by atoms with van der Waals surface area (Å²) in [5.74, 6) is 1.35. The van der Waals surface area contributed by atoms with Crippen molar-refractivity contribution in [2.75, 3.05) is 25.1 Å². The highest BCUT2D eigenvalue weighted by Crippen LogP contribution is 2.31. The summed E-state index contributed by atoms with van der Waals surface area (Å²) in [6.45, 7) is 11.2. The molecule has 23 heavy (non-hydrogen) atoms. The molecule has 1 aromatic carbocycles. The van der Waals surface area contributed by atoms with Crippen LogP contribution < -0.4 is 20.1 Å². The normalized spacial score (nSPS) is 11.4. The molecule has 0 saturated carbocycles. The van der Waals surface area contributed by atoms with Gasteiger partial charge in [-0.3, -0.25) is 4.79 Å². The zero-order valence-corrected chi connectivity index (χ0v) is 14.4. The van der Waals surface area contributed by atoms with Crippen LogP contribution in [0.4, 0.5) is 5.69 Å². The quantitative estimate of drug-likeness (QED) is 0.614. The number of hydrogen-bond acceptors (Lipinski definition) is 4. The van der Waals surface area contributed by atoms with Gasteiger partial charge < -0.3 is 20.1 Å². The van der Waals surface area contributed by atoms with Crippen LogP contribution in [0.25, 0.3) is 0 Å². The summed E-state index contributed by atoms with van der Waals surface area (Å²) in [6.07, 6.45) is 3.51. The van der Waals surface area contributed by atoms with E-state index in [0.717, 1.165) is 24.3 Å². The molecule has 1 unspecified atom stereocenters. The molecule has 1 amide bonds. The SMILES string of the molecule is C=CCNC(=O)C(C)Nc1ccc(OCCC)c(OCCC)c1. The maximum atomic E-state index is 11.9. The van der Waals surface area contributed by atoms with Crippen molar-refractivity contribution >= 4 is 11.6 Å². The van der Waals surface area contributed by atoms with Crippen LogP contribution in [0.2, 0.25) is 0 Å². The summed E-state index contributed by atoms with van der Waals surface area (Å²) < 4.78 is 11.5. The van der Waals surface area contributed by atoms with Gasteiger partial charge in [0.25, 0.3) is 0 Å². The second-order valence-corrected chi connectivity index (χ2v) is 5.26. The highest BCUT2D eigenvalue weighted by atomic mass is 16.5. The van der Waals surface area contributed by atoms with E-state index in [1.165, 1.54) is 0 Å². The van der Waals surface area contributed by atoms with Crippen LogP contribution in [0, 0.1) is 0 Å². The average molecular weight is 320 g/mol. The zero-order chi connectivity index (χ0) is 17.1. The van der Waals surface area contributed by atoms with Crippen LogP contribution in [0.5, 0.6) is 11.5 Å². The number of amides is 1. The van der Waals surface area contributed by atoms with Gasteiger partial charge in [-0.1, -0.05) is 19.9 Å². The van der Waals surface area contributed by atoms with Gasteiger partial charge in [0.05, 0.1) is 13.2 Å². The van der Waals surface area contributed by atoms with Crippen molar-refractivity contribution in [3.8, 4) is 11.5 Å². The van der Waals surface area contributed by atoms with Gasteiger partial charge in [0.1, 0.15) is 6.04 Å². The molecule has 1 rings (SSSR count). The van der Waals surface area contributed by atoms with Crippen LogP contribution in [-0.4, -0.2) is 31.7 Å². The maximum Gasteiger partial charge on any atom is 0.242 e. The Balaban J connectivity index is 2.78. The lowest BCUT2D eigenvalue weighted by molar-refractivity contribution is -0.121. The van der Waals surface area contributed by atoms with Crippen LogP contribution in [0.1, 0.15) is 33.6 Å².